The zero-order valence-electron chi connectivity index (χ0n) is 10.9. The Morgan fingerprint density at radius 3 is 2.76 bits per heavy atom. The van der Waals surface area contributed by atoms with Crippen LogP contribution in [-0.2, 0) is 9.84 Å². The van der Waals surface area contributed by atoms with E-state index < -0.39 is 9.84 Å². The molecule has 2 heterocycles. The Balaban J connectivity index is 1.97. The van der Waals surface area contributed by atoms with Crippen LogP contribution in [-0.4, -0.2) is 56.5 Å². The number of likely N-dealkylation sites (tertiary alicyclic amines) is 1. The first-order valence-electron chi connectivity index (χ1n) is 6.57. The number of sulfone groups is 1. The highest BCUT2D eigenvalue weighted by Gasteiger charge is 2.42. The van der Waals surface area contributed by atoms with Crippen molar-refractivity contribution in [3.63, 3.8) is 0 Å². The molecule has 0 aliphatic carbocycles. The zero-order valence-corrected chi connectivity index (χ0v) is 11.7. The highest BCUT2D eigenvalue weighted by molar-refractivity contribution is 7.90. The van der Waals surface area contributed by atoms with Crippen molar-refractivity contribution >= 4 is 9.84 Å². The molecular formula is C12H24N2O2S. The molecule has 1 spiro atoms. The van der Waals surface area contributed by atoms with Crippen molar-refractivity contribution in [2.24, 2.45) is 0 Å². The van der Waals surface area contributed by atoms with Crippen LogP contribution in [0.25, 0.3) is 0 Å². The van der Waals surface area contributed by atoms with Gasteiger partial charge in [-0.2, -0.15) is 0 Å². The third-order valence-corrected chi connectivity index (χ3v) is 5.22. The van der Waals surface area contributed by atoms with E-state index in [-0.39, 0.29) is 5.54 Å². The SMILES string of the molecule is CC1CCC2(CCCN2CCS(C)(=O)=O)CN1. The highest BCUT2D eigenvalue weighted by atomic mass is 32.2. The smallest absolute Gasteiger partial charge is 0.148 e. The Bertz CT molecular complexity index is 359. The van der Waals surface area contributed by atoms with Crippen LogP contribution in [0.3, 0.4) is 0 Å². The molecule has 2 aliphatic heterocycles. The van der Waals surface area contributed by atoms with E-state index in [1.54, 1.807) is 0 Å². The fourth-order valence-corrected chi connectivity index (χ4v) is 3.69. The molecule has 2 aliphatic rings. The van der Waals surface area contributed by atoms with Crippen molar-refractivity contribution in [1.82, 2.24) is 10.2 Å². The maximum Gasteiger partial charge on any atom is 0.148 e. The Hall–Kier alpha value is -0.130. The minimum absolute atomic E-state index is 0.247. The average molecular weight is 260 g/mol. The Morgan fingerprint density at radius 1 is 1.41 bits per heavy atom. The van der Waals surface area contributed by atoms with Crippen LogP contribution >= 0.6 is 0 Å². The van der Waals surface area contributed by atoms with Crippen LogP contribution in [0.15, 0.2) is 0 Å². The molecule has 5 heteroatoms. The fraction of sp³-hybridized carbons (Fsp3) is 1.00. The van der Waals surface area contributed by atoms with Crippen LogP contribution < -0.4 is 5.32 Å². The topological polar surface area (TPSA) is 49.4 Å². The van der Waals surface area contributed by atoms with E-state index in [0.29, 0.717) is 18.3 Å². The molecule has 0 bridgehead atoms. The predicted molar refractivity (Wildman–Crippen MR) is 69.9 cm³/mol. The van der Waals surface area contributed by atoms with Crippen molar-refractivity contribution in [3.8, 4) is 0 Å². The molecular weight excluding hydrogens is 236 g/mol. The zero-order chi connectivity index (χ0) is 12.5. The van der Waals surface area contributed by atoms with Gasteiger partial charge in [-0.1, -0.05) is 0 Å². The lowest BCUT2D eigenvalue weighted by Crippen LogP contribution is -2.57. The standard InChI is InChI=1S/C12H24N2O2S/c1-11-4-6-12(10-13-11)5-3-7-14(12)8-9-17(2,15)16/h11,13H,3-10H2,1-2H3. The predicted octanol–water partition coefficient (Wildman–Crippen LogP) is 0.638. The number of nitrogens with zero attached hydrogens (tertiary/aromatic N) is 1. The van der Waals surface area contributed by atoms with E-state index >= 15 is 0 Å². The van der Waals surface area contributed by atoms with Crippen LogP contribution in [0, 0.1) is 0 Å². The lowest BCUT2D eigenvalue weighted by Gasteiger charge is -2.43. The molecule has 0 radical (unpaired) electrons. The first-order chi connectivity index (χ1) is 7.91. The second-order valence-corrected chi connectivity index (χ2v) is 8.03. The number of hydrogen-bond donors (Lipinski definition) is 1. The minimum Gasteiger partial charge on any atom is -0.312 e. The molecule has 0 aromatic rings. The van der Waals surface area contributed by atoms with Crippen LogP contribution in [0.5, 0.6) is 0 Å². The van der Waals surface area contributed by atoms with Gasteiger partial charge in [0.15, 0.2) is 0 Å². The summed E-state index contributed by atoms with van der Waals surface area (Å²) in [5.41, 5.74) is 0.247. The van der Waals surface area contributed by atoms with E-state index in [1.165, 1.54) is 31.9 Å². The van der Waals surface area contributed by atoms with Crippen LogP contribution in [0.1, 0.15) is 32.6 Å². The van der Waals surface area contributed by atoms with E-state index in [0.717, 1.165) is 13.1 Å². The molecule has 2 rings (SSSR count). The van der Waals surface area contributed by atoms with Crippen molar-refractivity contribution in [1.29, 1.82) is 0 Å². The second-order valence-electron chi connectivity index (χ2n) is 5.77. The van der Waals surface area contributed by atoms with E-state index in [2.05, 4.69) is 17.1 Å². The van der Waals surface area contributed by atoms with Crippen molar-refractivity contribution in [2.75, 3.05) is 31.6 Å². The average Bonchev–Trinajstić information content (AvgIpc) is 2.62. The molecule has 100 valence electrons. The van der Waals surface area contributed by atoms with Gasteiger partial charge < -0.3 is 5.32 Å². The first kappa shape index (κ1) is 13.3. The Labute approximate surface area is 105 Å². The monoisotopic (exact) mass is 260 g/mol. The van der Waals surface area contributed by atoms with Crippen LogP contribution in [0.2, 0.25) is 0 Å². The molecule has 0 amide bonds. The van der Waals surface area contributed by atoms with Gasteiger partial charge in [0, 0.05) is 30.9 Å². The maximum atomic E-state index is 11.3. The summed E-state index contributed by atoms with van der Waals surface area (Å²) >= 11 is 0. The Morgan fingerprint density at radius 2 is 2.18 bits per heavy atom. The molecule has 2 unspecified atom stereocenters. The summed E-state index contributed by atoms with van der Waals surface area (Å²) in [5, 5.41) is 3.55. The molecule has 1 N–H and O–H groups in total. The number of rotatable bonds is 3. The van der Waals surface area contributed by atoms with Crippen molar-refractivity contribution in [2.45, 2.75) is 44.2 Å². The summed E-state index contributed by atoms with van der Waals surface area (Å²) in [4.78, 5) is 2.41. The highest BCUT2D eigenvalue weighted by Crippen LogP contribution is 2.35. The molecule has 4 nitrogen and oxygen atoms in total. The van der Waals surface area contributed by atoms with Gasteiger partial charge >= 0.3 is 0 Å². The molecule has 0 aromatic carbocycles. The normalized spacial score (nSPS) is 35.5. The van der Waals surface area contributed by atoms with Gasteiger partial charge in [0.2, 0.25) is 0 Å². The third kappa shape index (κ3) is 3.20. The lowest BCUT2D eigenvalue weighted by atomic mass is 9.85. The third-order valence-electron chi connectivity index (χ3n) is 4.30. The van der Waals surface area contributed by atoms with Gasteiger partial charge in [0.05, 0.1) is 5.75 Å². The van der Waals surface area contributed by atoms with Gasteiger partial charge in [-0.15, -0.1) is 0 Å². The van der Waals surface area contributed by atoms with Gasteiger partial charge in [-0.3, -0.25) is 4.90 Å². The molecule has 2 saturated heterocycles. The van der Waals surface area contributed by atoms with E-state index in [1.807, 2.05) is 0 Å². The summed E-state index contributed by atoms with van der Waals surface area (Å²) < 4.78 is 22.5. The first-order valence-corrected chi connectivity index (χ1v) is 8.64. The van der Waals surface area contributed by atoms with Gasteiger partial charge in [0.25, 0.3) is 0 Å². The second kappa shape index (κ2) is 4.86. The van der Waals surface area contributed by atoms with E-state index in [4.69, 9.17) is 0 Å². The van der Waals surface area contributed by atoms with Gasteiger partial charge in [-0.25, -0.2) is 8.42 Å². The molecule has 0 saturated carbocycles. The lowest BCUT2D eigenvalue weighted by molar-refractivity contribution is 0.0999. The minimum atomic E-state index is -2.84. The summed E-state index contributed by atoms with van der Waals surface area (Å²) in [6.07, 6.45) is 6.17. The quantitative estimate of drug-likeness (QED) is 0.809. The molecule has 17 heavy (non-hydrogen) atoms. The van der Waals surface area contributed by atoms with Gasteiger partial charge in [0.1, 0.15) is 9.84 Å². The molecule has 0 aromatic heterocycles. The number of piperidine rings is 1. The summed E-state index contributed by atoms with van der Waals surface area (Å²) in [6.45, 7) is 5.01. The summed E-state index contributed by atoms with van der Waals surface area (Å²) in [5.74, 6) is 0.296. The summed E-state index contributed by atoms with van der Waals surface area (Å²) in [6, 6.07) is 0.609. The number of nitrogens with one attached hydrogen (secondary N) is 1. The maximum absolute atomic E-state index is 11.3. The molecule has 2 fully saturated rings. The molecule has 2 atom stereocenters. The largest absolute Gasteiger partial charge is 0.312 e. The Kier molecular flexibility index (Phi) is 3.80. The summed E-state index contributed by atoms with van der Waals surface area (Å²) in [7, 11) is -2.84. The fourth-order valence-electron chi connectivity index (χ4n) is 3.14. The van der Waals surface area contributed by atoms with Crippen molar-refractivity contribution < 1.29 is 8.42 Å². The van der Waals surface area contributed by atoms with Crippen molar-refractivity contribution in [3.05, 3.63) is 0 Å². The van der Waals surface area contributed by atoms with Gasteiger partial charge in [-0.05, 0) is 39.2 Å². The van der Waals surface area contributed by atoms with Crippen LogP contribution in [0.4, 0.5) is 0 Å². The van der Waals surface area contributed by atoms with E-state index in [9.17, 15) is 8.42 Å². The number of hydrogen-bond acceptors (Lipinski definition) is 4.